The first-order valence-corrected chi connectivity index (χ1v) is 43.3. The fraction of sp³-hybridized carbons (Fsp3) is 0.949. The number of aliphatic hydroxyl groups excluding tert-OH is 1. The minimum Gasteiger partial charge on any atom is -0.462 e. The van der Waals surface area contributed by atoms with Gasteiger partial charge in [0.05, 0.1) is 26.4 Å². The third kappa shape index (κ3) is 72.2. The van der Waals surface area contributed by atoms with Gasteiger partial charge in [0.2, 0.25) is 0 Å². The maximum absolute atomic E-state index is 13.1. The monoisotopic (exact) mass is 1420 g/mol. The van der Waals surface area contributed by atoms with Gasteiger partial charge in [-0.15, -0.1) is 0 Å². The Labute approximate surface area is 594 Å². The molecule has 0 amide bonds. The molecule has 0 aliphatic heterocycles. The van der Waals surface area contributed by atoms with E-state index in [0.29, 0.717) is 25.7 Å². The van der Waals surface area contributed by atoms with Gasteiger partial charge < -0.3 is 33.8 Å². The van der Waals surface area contributed by atoms with Gasteiger partial charge in [-0.25, -0.2) is 9.13 Å². The molecule has 3 N–H and O–H groups in total. The van der Waals surface area contributed by atoms with Crippen molar-refractivity contribution in [1.82, 2.24) is 0 Å². The van der Waals surface area contributed by atoms with Crippen molar-refractivity contribution in [3.8, 4) is 0 Å². The number of phosphoric ester groups is 2. The summed E-state index contributed by atoms with van der Waals surface area (Å²) in [7, 11) is -9.92. The van der Waals surface area contributed by atoms with Crippen LogP contribution in [0.25, 0.3) is 0 Å². The smallest absolute Gasteiger partial charge is 0.462 e. The summed E-state index contributed by atoms with van der Waals surface area (Å²) < 4.78 is 68.6. The number of rotatable bonds is 76. The first-order chi connectivity index (χ1) is 46.7. The molecule has 0 heterocycles. The molecule has 0 saturated heterocycles. The highest BCUT2D eigenvalue weighted by Gasteiger charge is 2.30. The molecule has 0 bridgehead atoms. The minimum atomic E-state index is -4.96. The largest absolute Gasteiger partial charge is 0.472 e. The Morgan fingerprint density at radius 2 is 0.474 bits per heavy atom. The van der Waals surface area contributed by atoms with Gasteiger partial charge in [-0.3, -0.25) is 37.3 Å². The maximum atomic E-state index is 13.1. The molecule has 576 valence electrons. The van der Waals surface area contributed by atoms with Crippen LogP contribution in [0, 0.1) is 17.8 Å². The molecule has 2 unspecified atom stereocenters. The van der Waals surface area contributed by atoms with Crippen molar-refractivity contribution >= 4 is 39.5 Å². The molecule has 17 nitrogen and oxygen atoms in total. The zero-order valence-electron chi connectivity index (χ0n) is 63.5. The number of carbonyl (C=O) groups is 4. The van der Waals surface area contributed by atoms with Crippen LogP contribution in [-0.2, 0) is 65.4 Å². The molecule has 0 aliphatic rings. The van der Waals surface area contributed by atoms with E-state index in [2.05, 4.69) is 48.5 Å². The Hall–Kier alpha value is -1.94. The van der Waals surface area contributed by atoms with E-state index in [0.717, 1.165) is 108 Å². The lowest BCUT2D eigenvalue weighted by Gasteiger charge is -2.21. The maximum Gasteiger partial charge on any atom is 0.472 e. The Balaban J connectivity index is 5.25. The van der Waals surface area contributed by atoms with Crippen molar-refractivity contribution < 1.29 is 80.2 Å². The summed E-state index contributed by atoms with van der Waals surface area (Å²) in [5.41, 5.74) is 0. The lowest BCUT2D eigenvalue weighted by molar-refractivity contribution is -0.161. The summed E-state index contributed by atoms with van der Waals surface area (Å²) in [6, 6.07) is 0. The van der Waals surface area contributed by atoms with Gasteiger partial charge in [0.1, 0.15) is 19.3 Å². The van der Waals surface area contributed by atoms with Crippen LogP contribution in [0.15, 0.2) is 0 Å². The third-order valence-electron chi connectivity index (χ3n) is 18.1. The summed E-state index contributed by atoms with van der Waals surface area (Å²) in [5.74, 6) is 0.223. The highest BCUT2D eigenvalue weighted by molar-refractivity contribution is 7.47. The molecule has 0 radical (unpaired) electrons. The highest BCUT2D eigenvalue weighted by atomic mass is 31.2. The van der Waals surface area contributed by atoms with Crippen LogP contribution in [0.3, 0.4) is 0 Å². The van der Waals surface area contributed by atoms with Crippen LogP contribution in [-0.4, -0.2) is 96.7 Å². The van der Waals surface area contributed by atoms with Gasteiger partial charge in [0.25, 0.3) is 0 Å². The van der Waals surface area contributed by atoms with E-state index in [4.69, 9.17) is 37.0 Å². The fourth-order valence-corrected chi connectivity index (χ4v) is 13.5. The van der Waals surface area contributed by atoms with E-state index < -0.39 is 97.5 Å². The number of phosphoric acid groups is 2. The van der Waals surface area contributed by atoms with Crippen LogP contribution in [0.2, 0.25) is 0 Å². The Morgan fingerprint density at radius 3 is 0.701 bits per heavy atom. The van der Waals surface area contributed by atoms with Gasteiger partial charge in [0.15, 0.2) is 12.2 Å². The molecule has 0 spiro atoms. The van der Waals surface area contributed by atoms with E-state index in [1.807, 2.05) is 0 Å². The molecule has 0 saturated carbocycles. The van der Waals surface area contributed by atoms with Crippen molar-refractivity contribution in [2.45, 2.75) is 420 Å². The summed E-state index contributed by atoms with van der Waals surface area (Å²) >= 11 is 0. The van der Waals surface area contributed by atoms with Crippen LogP contribution < -0.4 is 0 Å². The second kappa shape index (κ2) is 68.5. The minimum absolute atomic E-state index is 0.106. The molecule has 0 aromatic carbocycles. The van der Waals surface area contributed by atoms with Crippen molar-refractivity contribution in [2.75, 3.05) is 39.6 Å². The lowest BCUT2D eigenvalue weighted by Crippen LogP contribution is -2.30. The van der Waals surface area contributed by atoms with Crippen LogP contribution in [0.5, 0.6) is 0 Å². The van der Waals surface area contributed by atoms with E-state index in [1.165, 1.54) is 212 Å². The molecule has 0 aromatic rings. The number of hydrogen-bond acceptors (Lipinski definition) is 15. The molecule has 5 atom stereocenters. The number of hydrogen-bond donors (Lipinski definition) is 3. The van der Waals surface area contributed by atoms with Crippen LogP contribution in [0.1, 0.15) is 402 Å². The zero-order valence-corrected chi connectivity index (χ0v) is 65.3. The predicted molar refractivity (Wildman–Crippen MR) is 395 cm³/mol. The number of carbonyl (C=O) groups excluding carboxylic acids is 4. The quantitative estimate of drug-likeness (QED) is 0.0222. The molecule has 0 rings (SSSR count). The Morgan fingerprint density at radius 1 is 0.278 bits per heavy atom. The first kappa shape index (κ1) is 95.1. The normalized spacial score (nSPS) is 14.0. The van der Waals surface area contributed by atoms with E-state index in [9.17, 15) is 43.2 Å². The summed E-state index contributed by atoms with van der Waals surface area (Å²) in [5, 5.41) is 10.6. The summed E-state index contributed by atoms with van der Waals surface area (Å²) in [4.78, 5) is 72.9. The van der Waals surface area contributed by atoms with Crippen molar-refractivity contribution in [1.29, 1.82) is 0 Å². The van der Waals surface area contributed by atoms with Gasteiger partial charge in [0, 0.05) is 25.7 Å². The van der Waals surface area contributed by atoms with Crippen molar-refractivity contribution in [3.63, 3.8) is 0 Å². The number of esters is 4. The van der Waals surface area contributed by atoms with Gasteiger partial charge in [-0.05, 0) is 43.4 Å². The van der Waals surface area contributed by atoms with E-state index >= 15 is 0 Å². The molecule has 97 heavy (non-hydrogen) atoms. The topological polar surface area (TPSA) is 237 Å². The van der Waals surface area contributed by atoms with Gasteiger partial charge in [-0.1, -0.05) is 350 Å². The first-order valence-electron chi connectivity index (χ1n) is 40.3. The second-order valence-corrected chi connectivity index (χ2v) is 32.4. The lowest BCUT2D eigenvalue weighted by atomic mass is 10.0. The SMILES string of the molecule is CCCCCCCCCCCCCC(=O)OC[C@H](COP(=O)(O)OC[C@H](O)COP(=O)(O)OC[C@@H](COC(=O)CCCCCCCCCCCCCCC(C)C)OC(=O)CCCCCCCCCCCCCCCCCC(C)C)OC(=O)CCCCCCCCCCCCC(C)C. The van der Waals surface area contributed by atoms with Gasteiger partial charge in [-0.2, -0.15) is 0 Å². The predicted octanol–water partition coefficient (Wildman–Crippen LogP) is 23.0. The number of aliphatic hydroxyl groups is 1. The summed E-state index contributed by atoms with van der Waals surface area (Å²) in [6.07, 6.45) is 55.4. The van der Waals surface area contributed by atoms with E-state index in [-0.39, 0.29) is 25.7 Å². The molecular weight excluding hydrogens is 1270 g/mol. The van der Waals surface area contributed by atoms with Crippen molar-refractivity contribution in [2.24, 2.45) is 17.8 Å². The van der Waals surface area contributed by atoms with Gasteiger partial charge >= 0.3 is 39.5 Å². The second-order valence-electron chi connectivity index (χ2n) is 29.5. The standard InChI is InChI=1S/C78H152O17P2/c1-8-9-10-11-12-13-21-31-38-45-52-59-75(80)88-65-74(95-78(83)62-55-48-41-34-27-26-30-37-44-51-58-71(6)7)68-93-97(86,87)91-64-72(79)63-90-96(84,85)92-67-73(66-89-76(81)60-53-46-39-32-24-20-19-23-29-36-43-50-57-70(4)5)94-77(82)61-54-47-40-33-25-18-16-14-15-17-22-28-35-42-49-56-69(2)3/h69-74,79H,8-68H2,1-7H3,(H,84,85)(H,86,87)/t72-,73-,74-/m1/s1. The van der Waals surface area contributed by atoms with Crippen LogP contribution >= 0.6 is 15.6 Å². The van der Waals surface area contributed by atoms with Crippen LogP contribution in [0.4, 0.5) is 0 Å². The molecule has 0 aromatic heterocycles. The van der Waals surface area contributed by atoms with E-state index in [1.54, 1.807) is 0 Å². The average Bonchev–Trinajstić information content (AvgIpc) is 2.06. The highest BCUT2D eigenvalue weighted by Crippen LogP contribution is 2.45. The number of ether oxygens (including phenoxy) is 4. The van der Waals surface area contributed by atoms with Crippen molar-refractivity contribution in [3.05, 3.63) is 0 Å². The molecule has 19 heteroatoms. The molecular formula is C78H152O17P2. The average molecular weight is 1420 g/mol. The Bertz CT molecular complexity index is 1890. The third-order valence-corrected chi connectivity index (χ3v) is 20.0. The number of unbranched alkanes of at least 4 members (excludes halogenated alkanes) is 44. The molecule has 0 fully saturated rings. The zero-order chi connectivity index (χ0) is 71.6. The Kier molecular flexibility index (Phi) is 67.1. The fourth-order valence-electron chi connectivity index (χ4n) is 12.0. The summed E-state index contributed by atoms with van der Waals surface area (Å²) in [6.45, 7) is 11.9. The molecule has 0 aliphatic carbocycles.